The molecule has 19 heavy (non-hydrogen) atoms. The second kappa shape index (κ2) is 6.31. The van der Waals surface area contributed by atoms with Crippen molar-refractivity contribution in [1.82, 2.24) is 15.1 Å². The topological polar surface area (TPSA) is 18.5 Å². The molecule has 0 spiro atoms. The van der Waals surface area contributed by atoms with E-state index in [1.165, 1.54) is 6.07 Å². The molecule has 1 aliphatic rings. The largest absolute Gasteiger partial charge is 0.310 e. The van der Waals surface area contributed by atoms with Crippen molar-refractivity contribution >= 4 is 15.9 Å². The van der Waals surface area contributed by atoms with Crippen LogP contribution in [0.1, 0.15) is 11.6 Å². The summed E-state index contributed by atoms with van der Waals surface area (Å²) >= 11 is 3.43. The van der Waals surface area contributed by atoms with Crippen LogP contribution in [0.25, 0.3) is 0 Å². The average Bonchev–Trinajstić information content (AvgIpc) is 2.33. The highest BCUT2D eigenvalue weighted by Gasteiger charge is 2.30. The number of hydrogen-bond acceptors (Lipinski definition) is 3. The number of rotatable bonds is 3. The van der Waals surface area contributed by atoms with Gasteiger partial charge in [0.2, 0.25) is 0 Å². The van der Waals surface area contributed by atoms with E-state index in [-0.39, 0.29) is 17.9 Å². The van der Waals surface area contributed by atoms with E-state index in [0.29, 0.717) is 0 Å². The molecule has 106 valence electrons. The van der Waals surface area contributed by atoms with Crippen LogP contribution < -0.4 is 5.32 Å². The Hall–Kier alpha value is -0.490. The molecule has 1 fully saturated rings. The molecule has 3 nitrogen and oxygen atoms in total. The maximum absolute atomic E-state index is 14.1. The van der Waals surface area contributed by atoms with E-state index < -0.39 is 0 Å². The van der Waals surface area contributed by atoms with Crippen molar-refractivity contribution in [1.29, 1.82) is 0 Å². The summed E-state index contributed by atoms with van der Waals surface area (Å²) < 4.78 is 15.1. The Bertz CT molecular complexity index is 439. The van der Waals surface area contributed by atoms with E-state index in [1.807, 2.05) is 20.2 Å². The van der Waals surface area contributed by atoms with Crippen LogP contribution in [0.4, 0.5) is 4.39 Å². The normalized spacial score (nSPS) is 22.7. The minimum Gasteiger partial charge on any atom is -0.310 e. The summed E-state index contributed by atoms with van der Waals surface area (Å²) in [6.45, 7) is 2.91. The summed E-state index contributed by atoms with van der Waals surface area (Å²) in [5.74, 6) is -0.142. The monoisotopic (exact) mass is 329 g/mol. The average molecular weight is 330 g/mol. The fourth-order valence-electron chi connectivity index (χ4n) is 2.74. The zero-order chi connectivity index (χ0) is 14.0. The molecule has 1 aliphatic heterocycles. The fraction of sp³-hybridized carbons (Fsp3) is 0.571. The SMILES string of the molecule is CN1CCNC(C(c2cc(Br)ccc2F)N(C)C)C1. The van der Waals surface area contributed by atoms with Gasteiger partial charge in [-0.15, -0.1) is 0 Å². The standard InChI is InChI=1S/C14H21BrFN3/c1-18(2)14(13-9-19(3)7-6-17-13)11-8-10(15)4-5-12(11)16/h4-5,8,13-14,17H,6-7,9H2,1-3H3. The van der Waals surface area contributed by atoms with Crippen LogP contribution in [0.2, 0.25) is 0 Å². The Morgan fingerprint density at radius 1 is 1.47 bits per heavy atom. The molecule has 0 aliphatic carbocycles. The number of nitrogens with zero attached hydrogens (tertiary/aromatic N) is 2. The van der Waals surface area contributed by atoms with Crippen LogP contribution in [0.3, 0.4) is 0 Å². The van der Waals surface area contributed by atoms with E-state index in [4.69, 9.17) is 0 Å². The molecule has 0 radical (unpaired) electrons. The first-order valence-electron chi connectivity index (χ1n) is 6.52. The van der Waals surface area contributed by atoms with Gasteiger partial charge < -0.3 is 15.1 Å². The van der Waals surface area contributed by atoms with Gasteiger partial charge in [-0.25, -0.2) is 4.39 Å². The van der Waals surface area contributed by atoms with Crippen molar-refractivity contribution < 1.29 is 4.39 Å². The Labute approximate surface area is 122 Å². The number of hydrogen-bond donors (Lipinski definition) is 1. The van der Waals surface area contributed by atoms with Crippen LogP contribution in [-0.2, 0) is 0 Å². The maximum atomic E-state index is 14.1. The first kappa shape index (κ1) is 14.9. The quantitative estimate of drug-likeness (QED) is 0.916. The third kappa shape index (κ3) is 3.54. The minimum absolute atomic E-state index is 0.0280. The highest BCUT2D eigenvalue weighted by atomic mass is 79.9. The number of piperazine rings is 1. The first-order valence-corrected chi connectivity index (χ1v) is 7.31. The zero-order valence-electron chi connectivity index (χ0n) is 11.7. The van der Waals surface area contributed by atoms with Crippen LogP contribution >= 0.6 is 15.9 Å². The van der Waals surface area contributed by atoms with Gasteiger partial charge in [-0.05, 0) is 39.3 Å². The molecule has 0 amide bonds. The van der Waals surface area contributed by atoms with Gasteiger partial charge in [0.25, 0.3) is 0 Å². The third-order valence-corrected chi connectivity index (χ3v) is 4.12. The number of likely N-dealkylation sites (N-methyl/N-ethyl adjacent to an activating group) is 2. The highest BCUT2D eigenvalue weighted by Crippen LogP contribution is 2.28. The summed E-state index contributed by atoms with van der Waals surface area (Å²) in [6, 6.07) is 5.42. The van der Waals surface area contributed by atoms with Crippen LogP contribution in [-0.4, -0.2) is 56.6 Å². The second-order valence-corrected chi connectivity index (χ2v) is 6.31. The summed E-state index contributed by atoms with van der Waals surface area (Å²) in [6.07, 6.45) is 0. The summed E-state index contributed by atoms with van der Waals surface area (Å²) in [5.41, 5.74) is 0.743. The van der Waals surface area contributed by atoms with Crippen molar-refractivity contribution in [2.75, 3.05) is 40.8 Å². The Morgan fingerprint density at radius 3 is 2.84 bits per heavy atom. The van der Waals surface area contributed by atoms with E-state index in [0.717, 1.165) is 29.7 Å². The summed E-state index contributed by atoms with van der Waals surface area (Å²) in [7, 11) is 6.11. The van der Waals surface area contributed by atoms with Crippen molar-refractivity contribution in [2.24, 2.45) is 0 Å². The smallest absolute Gasteiger partial charge is 0.128 e. The molecule has 0 bridgehead atoms. The number of nitrogens with one attached hydrogen (secondary N) is 1. The van der Waals surface area contributed by atoms with Gasteiger partial charge in [-0.1, -0.05) is 15.9 Å². The molecule has 0 aromatic heterocycles. The third-order valence-electron chi connectivity index (χ3n) is 3.62. The van der Waals surface area contributed by atoms with E-state index in [1.54, 1.807) is 6.07 Å². The molecule has 1 N–H and O–H groups in total. The van der Waals surface area contributed by atoms with Gasteiger partial charge in [0.1, 0.15) is 5.82 Å². The van der Waals surface area contributed by atoms with E-state index in [2.05, 4.69) is 38.1 Å². The molecule has 1 heterocycles. The van der Waals surface area contributed by atoms with Gasteiger partial charge in [0, 0.05) is 35.7 Å². The molecule has 1 aromatic rings. The maximum Gasteiger partial charge on any atom is 0.128 e. The summed E-state index contributed by atoms with van der Waals surface area (Å²) in [4.78, 5) is 4.37. The Kier molecular flexibility index (Phi) is 4.95. The molecule has 2 rings (SSSR count). The molecular weight excluding hydrogens is 309 g/mol. The molecule has 2 unspecified atom stereocenters. The van der Waals surface area contributed by atoms with Gasteiger partial charge in [0.15, 0.2) is 0 Å². The number of halogens is 2. The fourth-order valence-corrected chi connectivity index (χ4v) is 3.12. The zero-order valence-corrected chi connectivity index (χ0v) is 13.2. The van der Waals surface area contributed by atoms with Crippen molar-refractivity contribution in [3.63, 3.8) is 0 Å². The van der Waals surface area contributed by atoms with Crippen LogP contribution in [0.15, 0.2) is 22.7 Å². The van der Waals surface area contributed by atoms with Crippen LogP contribution in [0.5, 0.6) is 0 Å². The molecule has 1 saturated heterocycles. The van der Waals surface area contributed by atoms with Gasteiger partial charge >= 0.3 is 0 Å². The van der Waals surface area contributed by atoms with Crippen molar-refractivity contribution in [2.45, 2.75) is 12.1 Å². The van der Waals surface area contributed by atoms with Crippen LogP contribution in [0, 0.1) is 5.82 Å². The van der Waals surface area contributed by atoms with Gasteiger partial charge in [0.05, 0.1) is 6.04 Å². The Balaban J connectivity index is 2.31. The van der Waals surface area contributed by atoms with Crippen molar-refractivity contribution in [3.8, 4) is 0 Å². The van der Waals surface area contributed by atoms with Gasteiger partial charge in [-0.3, -0.25) is 0 Å². The minimum atomic E-state index is -0.142. The van der Waals surface area contributed by atoms with Crippen molar-refractivity contribution in [3.05, 3.63) is 34.1 Å². The molecule has 0 saturated carbocycles. The van der Waals surface area contributed by atoms with E-state index >= 15 is 0 Å². The van der Waals surface area contributed by atoms with E-state index in [9.17, 15) is 4.39 Å². The second-order valence-electron chi connectivity index (χ2n) is 5.40. The molecule has 2 atom stereocenters. The first-order chi connectivity index (χ1) is 8.99. The lowest BCUT2D eigenvalue weighted by Crippen LogP contribution is -2.54. The lowest BCUT2D eigenvalue weighted by atomic mass is 9.96. The lowest BCUT2D eigenvalue weighted by molar-refractivity contribution is 0.152. The summed E-state index contributed by atoms with van der Waals surface area (Å²) in [5, 5.41) is 3.51. The lowest BCUT2D eigenvalue weighted by Gasteiger charge is -2.39. The molecule has 5 heteroatoms. The molecular formula is C14H21BrFN3. The number of benzene rings is 1. The Morgan fingerprint density at radius 2 is 2.21 bits per heavy atom. The van der Waals surface area contributed by atoms with Gasteiger partial charge in [-0.2, -0.15) is 0 Å². The predicted octanol–water partition coefficient (Wildman–Crippen LogP) is 2.09. The highest BCUT2D eigenvalue weighted by molar-refractivity contribution is 9.10. The predicted molar refractivity (Wildman–Crippen MR) is 79.8 cm³/mol. The molecule has 1 aromatic carbocycles.